The first-order valence-electron chi connectivity index (χ1n) is 5.32. The summed E-state index contributed by atoms with van der Waals surface area (Å²) in [7, 11) is 0. The van der Waals surface area contributed by atoms with Gasteiger partial charge in [-0.25, -0.2) is 4.79 Å². The van der Waals surface area contributed by atoms with Crippen LogP contribution in [0.25, 0.3) is 0 Å². The van der Waals surface area contributed by atoms with Crippen molar-refractivity contribution in [3.63, 3.8) is 0 Å². The number of hydrogen-bond acceptors (Lipinski definition) is 3. The molecule has 0 heterocycles. The highest BCUT2D eigenvalue weighted by Crippen LogP contribution is 2.17. The number of nitrogen functional groups attached to an aromatic ring is 1. The molecule has 4 heteroatoms. The predicted octanol–water partition coefficient (Wildman–Crippen LogP) is 2.20. The highest BCUT2D eigenvalue weighted by Gasteiger charge is 2.17. The zero-order chi connectivity index (χ0) is 13.1. The number of aromatic carboxylic acids is 1. The molecule has 0 spiro atoms. The topological polar surface area (TPSA) is 80.4 Å². The minimum absolute atomic E-state index is 0.0798. The predicted molar refractivity (Wildman–Crippen MR) is 67.7 cm³/mol. The van der Waals surface area contributed by atoms with Gasteiger partial charge in [-0.2, -0.15) is 0 Å². The van der Waals surface area contributed by atoms with Gasteiger partial charge in [-0.15, -0.1) is 0 Å². The van der Waals surface area contributed by atoms with Gasteiger partial charge in [0.25, 0.3) is 0 Å². The molecule has 0 saturated carbocycles. The van der Waals surface area contributed by atoms with Gasteiger partial charge in [-0.1, -0.05) is 30.3 Å². The molecule has 0 atom stereocenters. The minimum Gasteiger partial charge on any atom is -0.478 e. The highest BCUT2D eigenvalue weighted by molar-refractivity contribution is 6.14. The van der Waals surface area contributed by atoms with E-state index in [0.29, 0.717) is 11.3 Å². The van der Waals surface area contributed by atoms with Gasteiger partial charge in [0.15, 0.2) is 5.78 Å². The number of nitrogens with two attached hydrogens (primary N) is 1. The van der Waals surface area contributed by atoms with E-state index in [4.69, 9.17) is 10.8 Å². The molecule has 0 saturated heterocycles. The summed E-state index contributed by atoms with van der Waals surface area (Å²) in [5.74, 6) is -1.49. The summed E-state index contributed by atoms with van der Waals surface area (Å²) in [6.07, 6.45) is 0. The van der Waals surface area contributed by atoms with E-state index in [9.17, 15) is 9.59 Å². The fourth-order valence-corrected chi connectivity index (χ4v) is 1.68. The third-order valence-electron chi connectivity index (χ3n) is 2.55. The second kappa shape index (κ2) is 4.71. The van der Waals surface area contributed by atoms with Crippen LogP contribution >= 0.6 is 0 Å². The average molecular weight is 241 g/mol. The summed E-state index contributed by atoms with van der Waals surface area (Å²) >= 11 is 0. The van der Waals surface area contributed by atoms with Crippen LogP contribution in [0.4, 0.5) is 5.69 Å². The Kier molecular flexibility index (Phi) is 3.10. The van der Waals surface area contributed by atoms with Crippen molar-refractivity contribution in [2.24, 2.45) is 0 Å². The van der Waals surface area contributed by atoms with Crippen molar-refractivity contribution in [2.45, 2.75) is 0 Å². The van der Waals surface area contributed by atoms with E-state index in [1.807, 2.05) is 0 Å². The molecule has 4 nitrogen and oxygen atoms in total. The lowest BCUT2D eigenvalue weighted by Crippen LogP contribution is -2.10. The second-order valence-corrected chi connectivity index (χ2v) is 3.81. The molecule has 0 unspecified atom stereocenters. The Morgan fingerprint density at radius 1 is 0.944 bits per heavy atom. The summed E-state index contributed by atoms with van der Waals surface area (Å²) in [5.41, 5.74) is 6.36. The molecule has 0 amide bonds. The van der Waals surface area contributed by atoms with Crippen LogP contribution < -0.4 is 5.73 Å². The largest absolute Gasteiger partial charge is 0.478 e. The zero-order valence-corrected chi connectivity index (χ0v) is 9.46. The maximum absolute atomic E-state index is 12.2. The second-order valence-electron chi connectivity index (χ2n) is 3.81. The summed E-state index contributed by atoms with van der Waals surface area (Å²) < 4.78 is 0. The molecule has 0 aliphatic rings. The van der Waals surface area contributed by atoms with Crippen LogP contribution in [-0.4, -0.2) is 16.9 Å². The third-order valence-corrected chi connectivity index (χ3v) is 2.55. The number of carboxylic acid groups (broad SMARTS) is 1. The van der Waals surface area contributed by atoms with Crippen molar-refractivity contribution in [3.05, 3.63) is 65.2 Å². The van der Waals surface area contributed by atoms with Gasteiger partial charge < -0.3 is 10.8 Å². The molecule has 0 bridgehead atoms. The van der Waals surface area contributed by atoms with Crippen LogP contribution in [0.5, 0.6) is 0 Å². The average Bonchev–Trinajstić information content (AvgIpc) is 2.39. The monoisotopic (exact) mass is 241 g/mol. The zero-order valence-electron chi connectivity index (χ0n) is 9.46. The summed E-state index contributed by atoms with van der Waals surface area (Å²) in [6, 6.07) is 12.8. The number of carbonyl (C=O) groups is 2. The molecule has 0 radical (unpaired) electrons. The molecule has 90 valence electrons. The molecule has 3 N–H and O–H groups in total. The SMILES string of the molecule is Nc1ccc(C(=O)c2ccccc2)c(C(=O)O)c1. The van der Waals surface area contributed by atoms with E-state index in [1.54, 1.807) is 30.3 Å². The number of carboxylic acids is 1. The van der Waals surface area contributed by atoms with Crippen molar-refractivity contribution in [1.82, 2.24) is 0 Å². The van der Waals surface area contributed by atoms with Crippen molar-refractivity contribution < 1.29 is 14.7 Å². The third kappa shape index (κ3) is 2.22. The number of ketones is 1. The molecule has 0 fully saturated rings. The Morgan fingerprint density at radius 2 is 1.61 bits per heavy atom. The van der Waals surface area contributed by atoms with Gasteiger partial charge in [-0.05, 0) is 18.2 Å². The molecular formula is C14H11NO3. The standard InChI is InChI=1S/C14H11NO3/c15-10-6-7-11(12(8-10)14(17)18)13(16)9-4-2-1-3-5-9/h1-8H,15H2,(H,17,18). The maximum Gasteiger partial charge on any atom is 0.336 e. The van der Waals surface area contributed by atoms with E-state index in [1.165, 1.54) is 18.2 Å². The number of benzene rings is 2. The van der Waals surface area contributed by atoms with Gasteiger partial charge in [0.2, 0.25) is 0 Å². The molecule has 0 aliphatic heterocycles. The highest BCUT2D eigenvalue weighted by atomic mass is 16.4. The van der Waals surface area contributed by atoms with Gasteiger partial charge in [0.1, 0.15) is 0 Å². The minimum atomic E-state index is -1.17. The van der Waals surface area contributed by atoms with Gasteiger partial charge >= 0.3 is 5.97 Å². The number of anilines is 1. The fraction of sp³-hybridized carbons (Fsp3) is 0. The van der Waals surface area contributed by atoms with Crippen LogP contribution in [0.1, 0.15) is 26.3 Å². The van der Waals surface area contributed by atoms with Crippen molar-refractivity contribution in [1.29, 1.82) is 0 Å². The quantitative estimate of drug-likeness (QED) is 0.637. The van der Waals surface area contributed by atoms with Crippen molar-refractivity contribution in [3.8, 4) is 0 Å². The van der Waals surface area contributed by atoms with E-state index in [2.05, 4.69) is 0 Å². The summed E-state index contributed by atoms with van der Waals surface area (Å²) in [6.45, 7) is 0. The maximum atomic E-state index is 12.2. The van der Waals surface area contributed by atoms with Gasteiger partial charge in [0, 0.05) is 16.8 Å². The number of carbonyl (C=O) groups excluding carboxylic acids is 1. The van der Waals surface area contributed by atoms with Gasteiger partial charge in [0.05, 0.1) is 5.56 Å². The van der Waals surface area contributed by atoms with E-state index in [0.717, 1.165) is 0 Å². The number of hydrogen-bond donors (Lipinski definition) is 2. The van der Waals surface area contributed by atoms with Crippen LogP contribution in [0.2, 0.25) is 0 Å². The van der Waals surface area contributed by atoms with Crippen molar-refractivity contribution in [2.75, 3.05) is 5.73 Å². The lowest BCUT2D eigenvalue weighted by atomic mass is 9.98. The van der Waals surface area contributed by atoms with Crippen LogP contribution in [-0.2, 0) is 0 Å². The Labute approximate surface area is 104 Å². The first-order valence-corrected chi connectivity index (χ1v) is 5.32. The lowest BCUT2D eigenvalue weighted by Gasteiger charge is -2.06. The van der Waals surface area contributed by atoms with Crippen LogP contribution in [0, 0.1) is 0 Å². The van der Waals surface area contributed by atoms with Crippen LogP contribution in [0.3, 0.4) is 0 Å². The normalized spacial score (nSPS) is 10.0. The first-order chi connectivity index (χ1) is 8.59. The molecule has 2 aromatic carbocycles. The molecule has 0 aliphatic carbocycles. The number of rotatable bonds is 3. The van der Waals surface area contributed by atoms with E-state index >= 15 is 0 Å². The smallest absolute Gasteiger partial charge is 0.336 e. The molecule has 0 aromatic heterocycles. The fourth-order valence-electron chi connectivity index (χ4n) is 1.68. The molecule has 18 heavy (non-hydrogen) atoms. The summed E-state index contributed by atoms with van der Waals surface area (Å²) in [4.78, 5) is 23.3. The molecule has 2 aromatic rings. The van der Waals surface area contributed by atoms with E-state index < -0.39 is 5.97 Å². The Hall–Kier alpha value is -2.62. The Balaban J connectivity index is 2.52. The molecular weight excluding hydrogens is 230 g/mol. The van der Waals surface area contributed by atoms with E-state index in [-0.39, 0.29) is 16.9 Å². The molecule has 2 rings (SSSR count). The van der Waals surface area contributed by atoms with Gasteiger partial charge in [-0.3, -0.25) is 4.79 Å². The van der Waals surface area contributed by atoms with Crippen LogP contribution in [0.15, 0.2) is 48.5 Å². The Morgan fingerprint density at radius 3 is 2.22 bits per heavy atom. The first kappa shape index (κ1) is 11.9. The summed E-state index contributed by atoms with van der Waals surface area (Å²) in [5, 5.41) is 9.08. The lowest BCUT2D eigenvalue weighted by molar-refractivity contribution is 0.0693. The Bertz CT molecular complexity index is 606. The van der Waals surface area contributed by atoms with Crippen molar-refractivity contribution >= 4 is 17.4 Å².